The summed E-state index contributed by atoms with van der Waals surface area (Å²) in [6, 6.07) is 25.6. The van der Waals surface area contributed by atoms with E-state index < -0.39 is 11.6 Å². The minimum Gasteiger partial charge on any atom is -0.483 e. The number of nitrogens with zero attached hydrogens (tertiary/aromatic N) is 1. The summed E-state index contributed by atoms with van der Waals surface area (Å²) in [5.74, 6) is -0.0759. The first-order chi connectivity index (χ1) is 19.0. The normalized spacial score (nSPS) is 12.2. The molecule has 208 valence electrons. The third-order valence-corrected chi connectivity index (χ3v) is 7.71. The Morgan fingerprint density at radius 1 is 0.950 bits per heavy atom. The van der Waals surface area contributed by atoms with Crippen molar-refractivity contribution in [2.75, 3.05) is 6.61 Å². The Kier molecular flexibility index (Phi) is 9.77. The minimum absolute atomic E-state index is 0.103. The van der Waals surface area contributed by atoms with E-state index in [9.17, 15) is 9.59 Å². The maximum Gasteiger partial charge on any atom is 0.261 e. The second-order valence-electron chi connectivity index (χ2n) is 10.6. The Balaban J connectivity index is 1.68. The number of hydrogen-bond acceptors (Lipinski definition) is 3. The minimum atomic E-state index is -0.815. The number of nitrogens with one attached hydrogen (secondary N) is 1. The van der Waals surface area contributed by atoms with Gasteiger partial charge >= 0.3 is 0 Å². The van der Waals surface area contributed by atoms with Crippen molar-refractivity contribution in [2.45, 2.75) is 45.3 Å². The predicted octanol–water partition coefficient (Wildman–Crippen LogP) is 7.84. The summed E-state index contributed by atoms with van der Waals surface area (Å²) < 4.78 is 6.79. The van der Waals surface area contributed by atoms with Crippen LogP contribution in [-0.2, 0) is 22.6 Å². The average Bonchev–Trinajstić information content (AvgIpc) is 2.91. The van der Waals surface area contributed by atoms with Crippen LogP contribution in [0.3, 0.4) is 0 Å². The number of carbonyl (C=O) groups excluding carboxylic acids is 2. The molecule has 0 aliphatic rings. The first kappa shape index (κ1) is 29.9. The van der Waals surface area contributed by atoms with E-state index in [1.165, 1.54) is 4.90 Å². The molecule has 2 amide bonds. The van der Waals surface area contributed by atoms with Gasteiger partial charge in [-0.05, 0) is 76.8 Å². The van der Waals surface area contributed by atoms with Crippen LogP contribution < -0.4 is 10.1 Å². The standard InChI is InChI=1S/C32H31BrCl2N2O3/c1-32(2,3)36-31(39)27(17-21-9-5-4-6-10-21)37(19-23-13-15-24(34)18-26(23)35)29(38)20-40-28-16-14-22-11-7-8-12-25(22)30(28)33/h4-16,18,27H,17,19-20H2,1-3H3,(H,36,39). The molecule has 5 nitrogen and oxygen atoms in total. The van der Waals surface area contributed by atoms with Gasteiger partial charge in [0.25, 0.3) is 5.91 Å². The number of hydrogen-bond donors (Lipinski definition) is 1. The number of ether oxygens (including phenoxy) is 1. The van der Waals surface area contributed by atoms with Crippen LogP contribution in [0.15, 0.2) is 89.4 Å². The topological polar surface area (TPSA) is 58.6 Å². The van der Waals surface area contributed by atoms with Crippen molar-refractivity contribution in [1.82, 2.24) is 10.2 Å². The quantitative estimate of drug-likeness (QED) is 0.203. The molecule has 0 radical (unpaired) electrons. The summed E-state index contributed by atoms with van der Waals surface area (Å²) in [5.41, 5.74) is 1.10. The van der Waals surface area contributed by atoms with Gasteiger partial charge in [-0.1, -0.05) is 89.9 Å². The van der Waals surface area contributed by atoms with Crippen molar-refractivity contribution in [3.05, 3.63) is 111 Å². The van der Waals surface area contributed by atoms with Crippen molar-refractivity contribution >= 4 is 61.7 Å². The molecule has 0 bridgehead atoms. The molecule has 1 atom stereocenters. The Labute approximate surface area is 253 Å². The molecule has 4 rings (SSSR count). The zero-order chi connectivity index (χ0) is 28.9. The molecule has 0 heterocycles. The Morgan fingerprint density at radius 3 is 2.35 bits per heavy atom. The lowest BCUT2D eigenvalue weighted by Crippen LogP contribution is -2.55. The summed E-state index contributed by atoms with van der Waals surface area (Å²) in [7, 11) is 0. The van der Waals surface area contributed by atoms with Crippen molar-refractivity contribution in [3.63, 3.8) is 0 Å². The number of amides is 2. The molecule has 0 aromatic heterocycles. The van der Waals surface area contributed by atoms with Crippen molar-refractivity contribution < 1.29 is 14.3 Å². The number of carbonyl (C=O) groups is 2. The highest BCUT2D eigenvalue weighted by Gasteiger charge is 2.33. The highest BCUT2D eigenvalue weighted by atomic mass is 79.9. The zero-order valence-electron chi connectivity index (χ0n) is 22.6. The van der Waals surface area contributed by atoms with E-state index in [-0.39, 0.29) is 25.0 Å². The summed E-state index contributed by atoms with van der Waals surface area (Å²) in [4.78, 5) is 29.2. The lowest BCUT2D eigenvalue weighted by Gasteiger charge is -2.34. The van der Waals surface area contributed by atoms with Crippen molar-refractivity contribution in [3.8, 4) is 5.75 Å². The van der Waals surface area contributed by atoms with Crippen LogP contribution in [0.1, 0.15) is 31.9 Å². The number of fused-ring (bicyclic) bond motifs is 1. The monoisotopic (exact) mass is 640 g/mol. The molecule has 1 unspecified atom stereocenters. The molecule has 4 aromatic rings. The van der Waals surface area contributed by atoms with E-state index in [2.05, 4.69) is 21.2 Å². The second kappa shape index (κ2) is 13.1. The van der Waals surface area contributed by atoms with Crippen LogP contribution in [0, 0.1) is 0 Å². The maximum absolute atomic E-state index is 13.9. The summed E-state index contributed by atoms with van der Waals surface area (Å²) >= 11 is 16.3. The van der Waals surface area contributed by atoms with Crippen LogP contribution in [-0.4, -0.2) is 34.9 Å². The first-order valence-electron chi connectivity index (χ1n) is 12.9. The smallest absolute Gasteiger partial charge is 0.261 e. The number of rotatable bonds is 9. The van der Waals surface area contributed by atoms with Gasteiger partial charge in [0.15, 0.2) is 6.61 Å². The Morgan fingerprint density at radius 2 is 1.65 bits per heavy atom. The first-order valence-corrected chi connectivity index (χ1v) is 14.5. The molecular formula is C32H31BrCl2N2O3. The molecule has 0 aliphatic heterocycles. The van der Waals surface area contributed by atoms with E-state index in [0.717, 1.165) is 20.8 Å². The fourth-order valence-electron chi connectivity index (χ4n) is 4.39. The fourth-order valence-corrected chi connectivity index (χ4v) is 5.46. The van der Waals surface area contributed by atoms with Crippen LogP contribution in [0.2, 0.25) is 10.0 Å². The summed E-state index contributed by atoms with van der Waals surface area (Å²) in [6.07, 6.45) is 0.319. The lowest BCUT2D eigenvalue weighted by atomic mass is 10.0. The summed E-state index contributed by atoms with van der Waals surface area (Å²) in [6.45, 7) is 5.57. The van der Waals surface area contributed by atoms with Crippen LogP contribution in [0.5, 0.6) is 5.75 Å². The molecular weight excluding hydrogens is 611 g/mol. The van der Waals surface area contributed by atoms with Gasteiger partial charge in [-0.2, -0.15) is 0 Å². The largest absolute Gasteiger partial charge is 0.483 e. The average molecular weight is 642 g/mol. The van der Waals surface area contributed by atoms with Gasteiger partial charge in [-0.3, -0.25) is 9.59 Å². The van der Waals surface area contributed by atoms with E-state index in [1.54, 1.807) is 18.2 Å². The SMILES string of the molecule is CC(C)(C)NC(=O)C(Cc1ccccc1)N(Cc1ccc(Cl)cc1Cl)C(=O)COc1ccc2ccccc2c1Br. The second-order valence-corrected chi connectivity index (χ2v) is 12.2. The zero-order valence-corrected chi connectivity index (χ0v) is 25.7. The van der Waals surface area contributed by atoms with E-state index in [1.807, 2.05) is 87.5 Å². The number of halogens is 3. The molecule has 1 N–H and O–H groups in total. The van der Waals surface area contributed by atoms with Crippen molar-refractivity contribution in [1.29, 1.82) is 0 Å². The molecule has 40 heavy (non-hydrogen) atoms. The maximum atomic E-state index is 13.9. The van der Waals surface area contributed by atoms with E-state index in [0.29, 0.717) is 27.8 Å². The fraction of sp³-hybridized carbons (Fsp3) is 0.250. The van der Waals surface area contributed by atoms with Gasteiger partial charge in [-0.25, -0.2) is 0 Å². The molecule has 8 heteroatoms. The third-order valence-electron chi connectivity index (χ3n) is 6.30. The molecule has 0 saturated heterocycles. The van der Waals surface area contributed by atoms with Crippen molar-refractivity contribution in [2.24, 2.45) is 0 Å². The van der Waals surface area contributed by atoms with Gasteiger partial charge in [-0.15, -0.1) is 0 Å². The highest BCUT2D eigenvalue weighted by molar-refractivity contribution is 9.10. The van der Waals surface area contributed by atoms with Gasteiger partial charge in [0, 0.05) is 28.5 Å². The van der Waals surface area contributed by atoms with Crippen LogP contribution in [0.25, 0.3) is 10.8 Å². The van der Waals surface area contributed by atoms with Gasteiger partial charge < -0.3 is 15.0 Å². The molecule has 4 aromatic carbocycles. The molecule has 0 fully saturated rings. The third kappa shape index (κ3) is 7.78. The number of benzene rings is 4. The van der Waals surface area contributed by atoms with Gasteiger partial charge in [0.05, 0.1) is 4.47 Å². The van der Waals surface area contributed by atoms with E-state index in [4.69, 9.17) is 27.9 Å². The van der Waals surface area contributed by atoms with Gasteiger partial charge in [0.1, 0.15) is 11.8 Å². The van der Waals surface area contributed by atoms with Crippen LogP contribution in [0.4, 0.5) is 0 Å². The van der Waals surface area contributed by atoms with Gasteiger partial charge in [0.2, 0.25) is 5.91 Å². The Hall–Kier alpha value is -3.06. The summed E-state index contributed by atoms with van der Waals surface area (Å²) in [5, 5.41) is 5.98. The van der Waals surface area contributed by atoms with E-state index >= 15 is 0 Å². The lowest BCUT2D eigenvalue weighted by molar-refractivity contribution is -0.143. The molecule has 0 aliphatic carbocycles. The Bertz CT molecular complexity index is 1510. The predicted molar refractivity (Wildman–Crippen MR) is 166 cm³/mol. The molecule has 0 spiro atoms. The van der Waals surface area contributed by atoms with Crippen LogP contribution >= 0.6 is 39.1 Å². The highest BCUT2D eigenvalue weighted by Crippen LogP contribution is 2.33. The molecule has 0 saturated carbocycles.